The van der Waals surface area contributed by atoms with Gasteiger partial charge in [-0.1, -0.05) is 49.1 Å². The number of rotatable bonds is 4. The lowest BCUT2D eigenvalue weighted by Gasteiger charge is -2.20. The zero-order valence-corrected chi connectivity index (χ0v) is 19.4. The number of ether oxygens (including phenoxy) is 1. The van der Waals surface area contributed by atoms with Crippen molar-refractivity contribution in [1.29, 1.82) is 0 Å². The largest absolute Gasteiger partial charge is 0.461 e. The molecule has 3 aromatic rings. The molecule has 5 nitrogen and oxygen atoms in total. The summed E-state index contributed by atoms with van der Waals surface area (Å²) in [5.41, 5.74) is 3.58. The second kappa shape index (κ2) is 7.89. The van der Waals surface area contributed by atoms with Crippen molar-refractivity contribution in [3.05, 3.63) is 77.1 Å². The molecule has 0 aliphatic carbocycles. The number of aromatic nitrogens is 2. The summed E-state index contributed by atoms with van der Waals surface area (Å²) in [4.78, 5) is 21.8. The SMILES string of the molecule is CCOC(=O)c1ncn2c1[C@H](C)N=C(c1ccccc1F)c1cc([Si](C)(C)C)ccc1-2. The van der Waals surface area contributed by atoms with Crippen LogP contribution in [0.4, 0.5) is 4.39 Å². The number of benzene rings is 2. The number of halogens is 1. The van der Waals surface area contributed by atoms with Gasteiger partial charge in [-0.2, -0.15) is 0 Å². The van der Waals surface area contributed by atoms with Crippen molar-refractivity contribution in [2.24, 2.45) is 4.99 Å². The zero-order valence-electron chi connectivity index (χ0n) is 18.4. The molecule has 0 fully saturated rings. The van der Waals surface area contributed by atoms with Crippen LogP contribution in [0.15, 0.2) is 53.8 Å². The van der Waals surface area contributed by atoms with E-state index >= 15 is 0 Å². The quantitative estimate of drug-likeness (QED) is 0.443. The molecule has 0 saturated heterocycles. The van der Waals surface area contributed by atoms with Gasteiger partial charge >= 0.3 is 5.97 Å². The van der Waals surface area contributed by atoms with Gasteiger partial charge in [-0.15, -0.1) is 0 Å². The van der Waals surface area contributed by atoms with Gasteiger partial charge in [-0.05, 0) is 32.0 Å². The number of aliphatic imine (C=N–C) groups is 1. The van der Waals surface area contributed by atoms with Crippen LogP contribution in [-0.4, -0.2) is 35.9 Å². The molecule has 1 aromatic heterocycles. The molecule has 0 spiro atoms. The first-order valence-electron chi connectivity index (χ1n) is 10.4. The number of imidazole rings is 1. The summed E-state index contributed by atoms with van der Waals surface area (Å²) in [7, 11) is -1.63. The maximum absolute atomic E-state index is 14.9. The number of esters is 1. The third-order valence-corrected chi connectivity index (χ3v) is 7.54. The average Bonchev–Trinajstić information content (AvgIpc) is 3.12. The third kappa shape index (κ3) is 3.74. The molecular formula is C24H26FN3O2Si. The van der Waals surface area contributed by atoms with E-state index in [1.54, 1.807) is 25.4 Å². The van der Waals surface area contributed by atoms with Gasteiger partial charge in [0.25, 0.3) is 0 Å². The summed E-state index contributed by atoms with van der Waals surface area (Å²) in [6, 6.07) is 12.5. The number of hydrogen-bond acceptors (Lipinski definition) is 4. The Hall–Kier alpha value is -3.06. The van der Waals surface area contributed by atoms with Gasteiger partial charge in [0.05, 0.1) is 37.8 Å². The van der Waals surface area contributed by atoms with Crippen molar-refractivity contribution >= 4 is 24.9 Å². The number of nitrogens with zero attached hydrogens (tertiary/aromatic N) is 3. The third-order valence-electron chi connectivity index (χ3n) is 5.50. The molecule has 31 heavy (non-hydrogen) atoms. The molecule has 1 aliphatic heterocycles. The van der Waals surface area contributed by atoms with E-state index in [9.17, 15) is 9.18 Å². The Morgan fingerprint density at radius 3 is 2.58 bits per heavy atom. The molecule has 2 heterocycles. The minimum atomic E-state index is -1.63. The van der Waals surface area contributed by atoms with Crippen LogP contribution in [0.1, 0.15) is 47.2 Å². The maximum Gasteiger partial charge on any atom is 0.358 e. The second-order valence-corrected chi connectivity index (χ2v) is 13.8. The highest BCUT2D eigenvalue weighted by Gasteiger charge is 2.30. The molecule has 2 aromatic carbocycles. The van der Waals surface area contributed by atoms with E-state index in [1.807, 2.05) is 23.6 Å². The highest BCUT2D eigenvalue weighted by atomic mass is 28.3. The molecule has 0 N–H and O–H groups in total. The first-order chi connectivity index (χ1) is 14.7. The molecule has 0 saturated carbocycles. The van der Waals surface area contributed by atoms with Crippen LogP contribution in [0.25, 0.3) is 5.69 Å². The van der Waals surface area contributed by atoms with E-state index in [-0.39, 0.29) is 18.1 Å². The molecule has 0 unspecified atom stereocenters. The lowest BCUT2D eigenvalue weighted by Crippen LogP contribution is -2.38. The Kier molecular flexibility index (Phi) is 5.39. The predicted octanol–water partition coefficient (Wildman–Crippen LogP) is 4.65. The summed E-state index contributed by atoms with van der Waals surface area (Å²) in [5, 5.41) is 1.25. The van der Waals surface area contributed by atoms with Crippen molar-refractivity contribution in [3.8, 4) is 5.69 Å². The summed E-state index contributed by atoms with van der Waals surface area (Å²) in [5.74, 6) is -0.805. The van der Waals surface area contributed by atoms with E-state index in [2.05, 4.69) is 36.8 Å². The summed E-state index contributed by atoms with van der Waals surface area (Å²) in [6.07, 6.45) is 1.63. The van der Waals surface area contributed by atoms with Crippen molar-refractivity contribution in [2.45, 2.75) is 39.5 Å². The van der Waals surface area contributed by atoms with Crippen molar-refractivity contribution in [1.82, 2.24) is 9.55 Å². The van der Waals surface area contributed by atoms with Crippen molar-refractivity contribution < 1.29 is 13.9 Å². The first kappa shape index (κ1) is 21.2. The van der Waals surface area contributed by atoms with Gasteiger partial charge in [0.15, 0.2) is 5.69 Å². The summed E-state index contributed by atoms with van der Waals surface area (Å²) < 4.78 is 22.0. The normalized spacial score (nSPS) is 15.5. The molecule has 0 radical (unpaired) electrons. The highest BCUT2D eigenvalue weighted by molar-refractivity contribution is 6.88. The lowest BCUT2D eigenvalue weighted by molar-refractivity contribution is 0.0518. The molecular weight excluding hydrogens is 409 g/mol. The monoisotopic (exact) mass is 435 g/mol. The van der Waals surface area contributed by atoms with E-state index in [0.29, 0.717) is 17.0 Å². The fourth-order valence-corrected chi connectivity index (χ4v) is 5.06. The van der Waals surface area contributed by atoms with Gasteiger partial charge in [-0.3, -0.25) is 9.56 Å². The smallest absolute Gasteiger partial charge is 0.358 e. The number of fused-ring (bicyclic) bond motifs is 3. The molecule has 1 atom stereocenters. The Labute approximate surface area is 182 Å². The Bertz CT molecular complexity index is 1190. The van der Waals surface area contributed by atoms with Crippen LogP contribution in [0.2, 0.25) is 19.6 Å². The number of carbonyl (C=O) groups excluding carboxylic acids is 1. The van der Waals surface area contributed by atoms with E-state index in [0.717, 1.165) is 11.3 Å². The minimum Gasteiger partial charge on any atom is -0.461 e. The molecule has 0 bridgehead atoms. The average molecular weight is 436 g/mol. The van der Waals surface area contributed by atoms with Crippen LogP contribution >= 0.6 is 0 Å². The molecule has 160 valence electrons. The molecule has 1 aliphatic rings. The maximum atomic E-state index is 14.9. The fourth-order valence-electron chi connectivity index (χ4n) is 3.90. The number of hydrogen-bond donors (Lipinski definition) is 0. The summed E-state index contributed by atoms with van der Waals surface area (Å²) >= 11 is 0. The van der Waals surface area contributed by atoms with Crippen LogP contribution in [0, 0.1) is 5.82 Å². The van der Waals surface area contributed by atoms with Crippen LogP contribution in [-0.2, 0) is 4.74 Å². The Morgan fingerprint density at radius 2 is 1.90 bits per heavy atom. The molecule has 0 amide bonds. The van der Waals surface area contributed by atoms with Crippen molar-refractivity contribution in [3.63, 3.8) is 0 Å². The molecule has 7 heteroatoms. The van der Waals surface area contributed by atoms with E-state index < -0.39 is 20.1 Å². The zero-order chi connectivity index (χ0) is 22.3. The fraction of sp³-hybridized carbons (Fsp3) is 0.292. The Balaban J connectivity index is 2.02. The Morgan fingerprint density at radius 1 is 1.16 bits per heavy atom. The van der Waals surface area contributed by atoms with Crippen molar-refractivity contribution in [2.75, 3.05) is 6.61 Å². The lowest BCUT2D eigenvalue weighted by atomic mass is 10.00. The van der Waals surface area contributed by atoms with Crippen LogP contribution in [0.5, 0.6) is 0 Å². The topological polar surface area (TPSA) is 56.5 Å². The number of carbonyl (C=O) groups is 1. The second-order valence-electron chi connectivity index (χ2n) is 8.68. The van der Waals surface area contributed by atoms with Crippen LogP contribution < -0.4 is 5.19 Å². The van der Waals surface area contributed by atoms with E-state index in [1.165, 1.54) is 11.3 Å². The summed E-state index contributed by atoms with van der Waals surface area (Å²) in [6.45, 7) is 10.7. The standard InChI is InChI=1S/C24H26FN3O2Si/c1-6-30-24(29)22-23-15(2)27-21(17-9-7-8-10-19(17)25)18-13-16(31(3,4)5)11-12-20(18)28(23)14-26-22/h7-15H,6H2,1-5H3/t15-/m0/s1. The van der Waals surface area contributed by atoms with Crippen LogP contribution in [0.3, 0.4) is 0 Å². The van der Waals surface area contributed by atoms with E-state index in [4.69, 9.17) is 9.73 Å². The van der Waals surface area contributed by atoms with Gasteiger partial charge in [0, 0.05) is 11.1 Å². The highest BCUT2D eigenvalue weighted by Crippen LogP contribution is 2.33. The molecule has 4 rings (SSSR count). The van der Waals surface area contributed by atoms with Gasteiger partial charge in [0.2, 0.25) is 0 Å². The van der Waals surface area contributed by atoms with Gasteiger partial charge < -0.3 is 4.74 Å². The minimum absolute atomic E-state index is 0.244. The predicted molar refractivity (Wildman–Crippen MR) is 123 cm³/mol. The van der Waals surface area contributed by atoms with Gasteiger partial charge in [-0.25, -0.2) is 14.2 Å². The van der Waals surface area contributed by atoms with Gasteiger partial charge in [0.1, 0.15) is 12.1 Å². The first-order valence-corrected chi connectivity index (χ1v) is 13.9.